The molecular formula is C13H7BrFNO. The van der Waals surface area contributed by atoms with Gasteiger partial charge in [-0.2, -0.15) is 5.26 Å². The monoisotopic (exact) mass is 291 g/mol. The van der Waals surface area contributed by atoms with E-state index >= 15 is 0 Å². The second-order valence-corrected chi connectivity index (χ2v) is 4.17. The Kier molecular flexibility index (Phi) is 3.40. The van der Waals surface area contributed by atoms with Crippen LogP contribution in [0.4, 0.5) is 4.39 Å². The molecule has 0 atom stereocenters. The molecule has 2 aromatic rings. The summed E-state index contributed by atoms with van der Waals surface area (Å²) in [6.07, 6.45) is 0. The Balaban J connectivity index is 2.20. The number of hydrogen-bond acceptors (Lipinski definition) is 2. The van der Waals surface area contributed by atoms with Crippen LogP contribution in [0.3, 0.4) is 0 Å². The first kappa shape index (κ1) is 11.6. The minimum absolute atomic E-state index is 0.336. The molecule has 0 bridgehead atoms. The van der Waals surface area contributed by atoms with E-state index in [-0.39, 0.29) is 5.82 Å². The van der Waals surface area contributed by atoms with Gasteiger partial charge in [-0.25, -0.2) is 4.39 Å². The van der Waals surface area contributed by atoms with Gasteiger partial charge in [-0.15, -0.1) is 0 Å². The van der Waals surface area contributed by atoms with Crippen LogP contribution < -0.4 is 4.74 Å². The van der Waals surface area contributed by atoms with Crippen molar-refractivity contribution in [2.45, 2.75) is 0 Å². The number of ether oxygens (including phenoxy) is 1. The first-order valence-corrected chi connectivity index (χ1v) is 5.61. The number of hydrogen-bond donors (Lipinski definition) is 0. The molecule has 0 N–H and O–H groups in total. The van der Waals surface area contributed by atoms with Gasteiger partial charge in [-0.05, 0) is 58.4 Å². The smallest absolute Gasteiger partial charge is 0.137 e. The molecule has 2 aromatic carbocycles. The predicted molar refractivity (Wildman–Crippen MR) is 65.3 cm³/mol. The summed E-state index contributed by atoms with van der Waals surface area (Å²) in [4.78, 5) is 0. The molecule has 0 aromatic heterocycles. The lowest BCUT2D eigenvalue weighted by molar-refractivity contribution is 0.480. The fourth-order valence-corrected chi connectivity index (χ4v) is 1.63. The van der Waals surface area contributed by atoms with E-state index in [9.17, 15) is 4.39 Å². The van der Waals surface area contributed by atoms with E-state index in [1.165, 1.54) is 12.1 Å². The van der Waals surface area contributed by atoms with Crippen LogP contribution in [-0.4, -0.2) is 0 Å². The van der Waals surface area contributed by atoms with Crippen LogP contribution in [-0.2, 0) is 0 Å². The van der Waals surface area contributed by atoms with Crippen LogP contribution in [0.15, 0.2) is 46.9 Å². The Morgan fingerprint density at radius 1 is 1.06 bits per heavy atom. The zero-order chi connectivity index (χ0) is 12.3. The largest absolute Gasteiger partial charge is 0.457 e. The summed E-state index contributed by atoms with van der Waals surface area (Å²) in [6.45, 7) is 0. The highest BCUT2D eigenvalue weighted by Gasteiger charge is 2.02. The molecule has 2 rings (SSSR count). The summed E-state index contributed by atoms with van der Waals surface area (Å²) in [5.74, 6) is 0.794. The molecule has 0 radical (unpaired) electrons. The lowest BCUT2D eigenvalue weighted by atomic mass is 10.2. The number of rotatable bonds is 2. The fraction of sp³-hybridized carbons (Fsp3) is 0. The standard InChI is InChI=1S/C13H7BrFNO/c14-12-7-11(5-6-13(12)15)17-10-3-1-9(8-16)2-4-10/h1-7H. The summed E-state index contributed by atoms with van der Waals surface area (Å²) in [5, 5.41) is 8.65. The Bertz CT molecular complexity index is 575. The van der Waals surface area contributed by atoms with Crippen LogP contribution >= 0.6 is 15.9 Å². The van der Waals surface area contributed by atoms with Gasteiger partial charge in [0.25, 0.3) is 0 Å². The van der Waals surface area contributed by atoms with Crippen molar-refractivity contribution in [1.82, 2.24) is 0 Å². The van der Waals surface area contributed by atoms with Crippen LogP contribution in [0.2, 0.25) is 0 Å². The van der Waals surface area contributed by atoms with Crippen molar-refractivity contribution in [3.8, 4) is 17.6 Å². The minimum atomic E-state index is -0.336. The topological polar surface area (TPSA) is 33.0 Å². The average Bonchev–Trinajstić information content (AvgIpc) is 2.35. The maximum Gasteiger partial charge on any atom is 0.137 e. The molecule has 0 aliphatic carbocycles. The van der Waals surface area contributed by atoms with Crippen molar-refractivity contribution in [1.29, 1.82) is 5.26 Å². The molecule has 0 saturated carbocycles. The van der Waals surface area contributed by atoms with E-state index in [0.29, 0.717) is 21.5 Å². The average molecular weight is 292 g/mol. The zero-order valence-electron chi connectivity index (χ0n) is 8.65. The highest BCUT2D eigenvalue weighted by molar-refractivity contribution is 9.10. The summed E-state index contributed by atoms with van der Waals surface area (Å²) >= 11 is 3.08. The maximum atomic E-state index is 13.0. The van der Waals surface area contributed by atoms with Gasteiger partial charge in [0.05, 0.1) is 16.1 Å². The van der Waals surface area contributed by atoms with Crippen molar-refractivity contribution in [2.24, 2.45) is 0 Å². The van der Waals surface area contributed by atoms with Crippen LogP contribution in [0.5, 0.6) is 11.5 Å². The second kappa shape index (κ2) is 4.98. The molecule has 0 saturated heterocycles. The quantitative estimate of drug-likeness (QED) is 0.828. The van der Waals surface area contributed by atoms with E-state index < -0.39 is 0 Å². The fourth-order valence-electron chi connectivity index (χ4n) is 1.27. The molecule has 0 heterocycles. The summed E-state index contributed by atoms with van der Waals surface area (Å²) in [6, 6.07) is 13.1. The van der Waals surface area contributed by atoms with Crippen molar-refractivity contribution < 1.29 is 9.13 Å². The lowest BCUT2D eigenvalue weighted by Gasteiger charge is -2.06. The van der Waals surface area contributed by atoms with E-state index in [1.54, 1.807) is 30.3 Å². The first-order valence-electron chi connectivity index (χ1n) is 4.82. The summed E-state index contributed by atoms with van der Waals surface area (Å²) in [7, 11) is 0. The molecule has 0 amide bonds. The van der Waals surface area contributed by atoms with Crippen molar-refractivity contribution in [3.05, 3.63) is 58.3 Å². The van der Waals surface area contributed by atoms with Crippen LogP contribution in [0.25, 0.3) is 0 Å². The van der Waals surface area contributed by atoms with E-state index in [4.69, 9.17) is 10.00 Å². The van der Waals surface area contributed by atoms with E-state index in [1.807, 2.05) is 6.07 Å². The number of benzene rings is 2. The molecule has 0 unspecified atom stereocenters. The Labute approximate surface area is 106 Å². The molecule has 84 valence electrons. The van der Waals surface area contributed by atoms with Crippen molar-refractivity contribution >= 4 is 15.9 Å². The molecule has 0 aliphatic rings. The number of nitriles is 1. The lowest BCUT2D eigenvalue weighted by Crippen LogP contribution is -1.86. The minimum Gasteiger partial charge on any atom is -0.457 e. The van der Waals surface area contributed by atoms with Gasteiger partial charge < -0.3 is 4.74 Å². The Morgan fingerprint density at radius 3 is 2.29 bits per heavy atom. The Morgan fingerprint density at radius 2 is 1.71 bits per heavy atom. The third kappa shape index (κ3) is 2.83. The highest BCUT2D eigenvalue weighted by atomic mass is 79.9. The normalized spacial score (nSPS) is 9.71. The summed E-state index contributed by atoms with van der Waals surface area (Å²) < 4.78 is 18.9. The third-order valence-corrected chi connectivity index (χ3v) is 2.72. The maximum absolute atomic E-state index is 13.0. The third-order valence-electron chi connectivity index (χ3n) is 2.11. The van der Waals surface area contributed by atoms with E-state index in [0.717, 1.165) is 0 Å². The van der Waals surface area contributed by atoms with Gasteiger partial charge in [0.1, 0.15) is 17.3 Å². The number of halogens is 2. The molecular weight excluding hydrogens is 285 g/mol. The van der Waals surface area contributed by atoms with Crippen LogP contribution in [0, 0.1) is 17.1 Å². The summed E-state index contributed by atoms with van der Waals surface area (Å²) in [5.41, 5.74) is 0.567. The van der Waals surface area contributed by atoms with Gasteiger partial charge >= 0.3 is 0 Å². The SMILES string of the molecule is N#Cc1ccc(Oc2ccc(F)c(Br)c2)cc1. The van der Waals surface area contributed by atoms with Gasteiger partial charge in [0.15, 0.2) is 0 Å². The van der Waals surface area contributed by atoms with Crippen LogP contribution in [0.1, 0.15) is 5.56 Å². The molecule has 0 spiro atoms. The molecule has 2 nitrogen and oxygen atoms in total. The van der Waals surface area contributed by atoms with Crippen molar-refractivity contribution in [3.63, 3.8) is 0 Å². The zero-order valence-corrected chi connectivity index (χ0v) is 10.2. The molecule has 0 fully saturated rings. The molecule has 17 heavy (non-hydrogen) atoms. The van der Waals surface area contributed by atoms with Gasteiger partial charge in [0, 0.05) is 0 Å². The van der Waals surface area contributed by atoms with E-state index in [2.05, 4.69) is 15.9 Å². The second-order valence-electron chi connectivity index (χ2n) is 3.31. The van der Waals surface area contributed by atoms with Gasteiger partial charge in [-0.1, -0.05) is 0 Å². The molecule has 4 heteroatoms. The molecule has 0 aliphatic heterocycles. The van der Waals surface area contributed by atoms with Gasteiger partial charge in [0.2, 0.25) is 0 Å². The highest BCUT2D eigenvalue weighted by Crippen LogP contribution is 2.26. The van der Waals surface area contributed by atoms with Gasteiger partial charge in [-0.3, -0.25) is 0 Å². The first-order chi connectivity index (χ1) is 8.19. The number of nitrogens with zero attached hydrogens (tertiary/aromatic N) is 1. The Hall–Kier alpha value is -1.86. The predicted octanol–water partition coefficient (Wildman–Crippen LogP) is 4.25. The van der Waals surface area contributed by atoms with Crippen molar-refractivity contribution in [2.75, 3.05) is 0 Å².